The van der Waals surface area contributed by atoms with E-state index in [1.165, 1.54) is 0 Å². The van der Waals surface area contributed by atoms with Gasteiger partial charge in [-0.1, -0.05) is 37.1 Å². The molecule has 0 spiro atoms. The molecule has 0 aromatic heterocycles. The van der Waals surface area contributed by atoms with Gasteiger partial charge in [-0.15, -0.1) is 0 Å². The van der Waals surface area contributed by atoms with Crippen LogP contribution in [0.2, 0.25) is 5.02 Å². The molecule has 0 aliphatic carbocycles. The van der Waals surface area contributed by atoms with Crippen molar-refractivity contribution in [1.82, 2.24) is 10.6 Å². The number of benzene rings is 1. The second kappa shape index (κ2) is 6.92. The summed E-state index contributed by atoms with van der Waals surface area (Å²) in [6.45, 7) is 3.01. The Bertz CT molecular complexity index is 430. The molecular weight excluding hydrogens is 260 g/mol. The van der Waals surface area contributed by atoms with Crippen LogP contribution in [0.5, 0.6) is 0 Å². The van der Waals surface area contributed by atoms with Gasteiger partial charge < -0.3 is 10.6 Å². The van der Waals surface area contributed by atoms with Gasteiger partial charge in [-0.05, 0) is 43.5 Å². The van der Waals surface area contributed by atoms with Gasteiger partial charge >= 0.3 is 0 Å². The fourth-order valence-corrected chi connectivity index (χ4v) is 2.69. The maximum Gasteiger partial charge on any atom is 0.237 e. The van der Waals surface area contributed by atoms with Crippen LogP contribution in [-0.4, -0.2) is 18.5 Å². The van der Waals surface area contributed by atoms with E-state index in [0.29, 0.717) is 5.02 Å². The Kier molecular flexibility index (Phi) is 5.23. The van der Waals surface area contributed by atoms with Crippen molar-refractivity contribution in [2.24, 2.45) is 0 Å². The van der Waals surface area contributed by atoms with Crippen LogP contribution in [0.1, 0.15) is 44.2 Å². The van der Waals surface area contributed by atoms with E-state index < -0.39 is 0 Å². The molecule has 1 heterocycles. The van der Waals surface area contributed by atoms with E-state index in [2.05, 4.69) is 17.6 Å². The second-order valence-corrected chi connectivity index (χ2v) is 5.46. The van der Waals surface area contributed by atoms with E-state index >= 15 is 0 Å². The summed E-state index contributed by atoms with van der Waals surface area (Å²) in [7, 11) is 0. The highest BCUT2D eigenvalue weighted by molar-refractivity contribution is 6.30. The van der Waals surface area contributed by atoms with Crippen LogP contribution in [0.3, 0.4) is 0 Å². The standard InChI is InChI=1S/C15H21ClN2O/c1-2-13(11-6-5-7-12(16)10-11)18-15(19)14-8-3-4-9-17-14/h5-7,10,13-14,17H,2-4,8-9H2,1H3,(H,18,19)/t13?,14-/m0/s1. The monoisotopic (exact) mass is 280 g/mol. The quantitative estimate of drug-likeness (QED) is 0.890. The first-order valence-corrected chi connectivity index (χ1v) is 7.37. The predicted molar refractivity (Wildman–Crippen MR) is 78.3 cm³/mol. The fourth-order valence-electron chi connectivity index (χ4n) is 2.49. The lowest BCUT2D eigenvalue weighted by Crippen LogP contribution is -2.47. The molecule has 1 fully saturated rings. The van der Waals surface area contributed by atoms with Gasteiger partial charge in [-0.3, -0.25) is 4.79 Å². The third-order valence-electron chi connectivity index (χ3n) is 3.60. The van der Waals surface area contributed by atoms with Crippen LogP contribution in [0.25, 0.3) is 0 Å². The number of halogens is 1. The van der Waals surface area contributed by atoms with Gasteiger partial charge in [-0.2, -0.15) is 0 Å². The first kappa shape index (κ1) is 14.4. The van der Waals surface area contributed by atoms with E-state index in [9.17, 15) is 4.79 Å². The zero-order valence-corrected chi connectivity index (χ0v) is 12.0. The maximum absolute atomic E-state index is 12.2. The number of hydrogen-bond acceptors (Lipinski definition) is 2. The summed E-state index contributed by atoms with van der Waals surface area (Å²) < 4.78 is 0. The Balaban J connectivity index is 2.00. The van der Waals surface area contributed by atoms with Gasteiger partial charge in [0.25, 0.3) is 0 Å². The third-order valence-corrected chi connectivity index (χ3v) is 3.84. The molecular formula is C15H21ClN2O. The average Bonchev–Trinajstić information content (AvgIpc) is 2.45. The van der Waals surface area contributed by atoms with Crippen molar-refractivity contribution in [3.05, 3.63) is 34.9 Å². The minimum Gasteiger partial charge on any atom is -0.348 e. The number of carbonyl (C=O) groups excluding carboxylic acids is 1. The number of amides is 1. The van der Waals surface area contributed by atoms with Gasteiger partial charge in [0.05, 0.1) is 12.1 Å². The third kappa shape index (κ3) is 3.95. The van der Waals surface area contributed by atoms with Crippen LogP contribution < -0.4 is 10.6 Å². The van der Waals surface area contributed by atoms with Gasteiger partial charge in [0, 0.05) is 5.02 Å². The zero-order chi connectivity index (χ0) is 13.7. The van der Waals surface area contributed by atoms with Gasteiger partial charge in [0.15, 0.2) is 0 Å². The molecule has 1 aliphatic heterocycles. The van der Waals surface area contributed by atoms with E-state index in [1.807, 2.05) is 24.3 Å². The van der Waals surface area contributed by atoms with Gasteiger partial charge in [-0.25, -0.2) is 0 Å². The molecule has 19 heavy (non-hydrogen) atoms. The minimum absolute atomic E-state index is 0.0370. The lowest BCUT2D eigenvalue weighted by Gasteiger charge is -2.25. The fraction of sp³-hybridized carbons (Fsp3) is 0.533. The highest BCUT2D eigenvalue weighted by atomic mass is 35.5. The Morgan fingerprint density at radius 2 is 2.37 bits per heavy atom. The summed E-state index contributed by atoms with van der Waals surface area (Å²) in [4.78, 5) is 12.2. The first-order valence-electron chi connectivity index (χ1n) is 7.00. The summed E-state index contributed by atoms with van der Waals surface area (Å²) in [5.41, 5.74) is 1.07. The SMILES string of the molecule is CCC(NC(=O)[C@@H]1CCCCN1)c1cccc(Cl)c1. The number of piperidine rings is 1. The lowest BCUT2D eigenvalue weighted by molar-refractivity contribution is -0.124. The molecule has 1 saturated heterocycles. The number of carbonyl (C=O) groups is 1. The summed E-state index contributed by atoms with van der Waals surface area (Å²) in [5, 5.41) is 7.10. The van der Waals surface area contributed by atoms with Gasteiger partial charge in [0.2, 0.25) is 5.91 Å². The van der Waals surface area contributed by atoms with E-state index in [4.69, 9.17) is 11.6 Å². The van der Waals surface area contributed by atoms with E-state index in [-0.39, 0.29) is 18.0 Å². The molecule has 1 aliphatic rings. The first-order chi connectivity index (χ1) is 9.20. The Hall–Kier alpha value is -1.06. The molecule has 4 heteroatoms. The molecule has 1 unspecified atom stereocenters. The van der Waals surface area contributed by atoms with Crippen LogP contribution in [0, 0.1) is 0 Å². The van der Waals surface area contributed by atoms with Crippen molar-refractivity contribution in [1.29, 1.82) is 0 Å². The predicted octanol–water partition coefficient (Wildman–Crippen LogP) is 3.05. The zero-order valence-electron chi connectivity index (χ0n) is 11.3. The summed E-state index contributed by atoms with van der Waals surface area (Å²) in [6, 6.07) is 7.70. The van der Waals surface area contributed by atoms with Crippen molar-refractivity contribution in [2.75, 3.05) is 6.54 Å². The normalized spacial score (nSPS) is 20.8. The second-order valence-electron chi connectivity index (χ2n) is 5.03. The molecule has 1 aromatic carbocycles. The van der Waals surface area contributed by atoms with Crippen LogP contribution in [0.15, 0.2) is 24.3 Å². The summed E-state index contributed by atoms with van der Waals surface area (Å²) in [6.07, 6.45) is 4.07. The molecule has 3 nitrogen and oxygen atoms in total. The summed E-state index contributed by atoms with van der Waals surface area (Å²) >= 11 is 6.01. The smallest absolute Gasteiger partial charge is 0.237 e. The Morgan fingerprint density at radius 3 is 3.00 bits per heavy atom. The lowest BCUT2D eigenvalue weighted by atomic mass is 10.0. The molecule has 2 N–H and O–H groups in total. The number of nitrogens with one attached hydrogen (secondary N) is 2. The van der Waals surface area contributed by atoms with E-state index in [1.54, 1.807) is 0 Å². The molecule has 104 valence electrons. The maximum atomic E-state index is 12.2. The molecule has 0 bridgehead atoms. The highest BCUT2D eigenvalue weighted by Crippen LogP contribution is 2.20. The molecule has 1 aromatic rings. The van der Waals surface area contributed by atoms with Crippen molar-refractivity contribution in [3.8, 4) is 0 Å². The van der Waals surface area contributed by atoms with Crippen LogP contribution >= 0.6 is 11.6 Å². The van der Waals surface area contributed by atoms with Crippen molar-refractivity contribution >= 4 is 17.5 Å². The summed E-state index contributed by atoms with van der Waals surface area (Å²) in [5.74, 6) is 0.103. The average molecular weight is 281 g/mol. The number of rotatable bonds is 4. The van der Waals surface area contributed by atoms with Crippen molar-refractivity contribution in [3.63, 3.8) is 0 Å². The topological polar surface area (TPSA) is 41.1 Å². The molecule has 0 radical (unpaired) electrons. The largest absolute Gasteiger partial charge is 0.348 e. The number of hydrogen-bond donors (Lipinski definition) is 2. The van der Waals surface area contributed by atoms with E-state index in [0.717, 1.165) is 37.8 Å². The molecule has 1 amide bonds. The van der Waals surface area contributed by atoms with Crippen molar-refractivity contribution in [2.45, 2.75) is 44.7 Å². The minimum atomic E-state index is -0.0398. The van der Waals surface area contributed by atoms with Crippen molar-refractivity contribution < 1.29 is 4.79 Å². The van der Waals surface area contributed by atoms with Crippen LogP contribution in [-0.2, 0) is 4.79 Å². The Labute approximate surface area is 119 Å². The van der Waals surface area contributed by atoms with Crippen LogP contribution in [0.4, 0.5) is 0 Å². The molecule has 2 rings (SSSR count). The molecule has 2 atom stereocenters. The Morgan fingerprint density at radius 1 is 1.53 bits per heavy atom. The van der Waals surface area contributed by atoms with Gasteiger partial charge in [0.1, 0.15) is 0 Å². The highest BCUT2D eigenvalue weighted by Gasteiger charge is 2.22. The molecule has 0 saturated carbocycles.